The Bertz CT molecular complexity index is 458. The van der Waals surface area contributed by atoms with Crippen molar-refractivity contribution < 1.29 is 4.74 Å². The molecule has 3 aliphatic rings. The summed E-state index contributed by atoms with van der Waals surface area (Å²) in [6, 6.07) is 6.57. The largest absolute Gasteiger partial charge is 0.493 e. The van der Waals surface area contributed by atoms with Crippen LogP contribution in [0.1, 0.15) is 42.2 Å². The second-order valence-corrected chi connectivity index (χ2v) is 6.53. The van der Waals surface area contributed by atoms with Crippen LogP contribution in [0.25, 0.3) is 0 Å². The topological polar surface area (TPSA) is 9.23 Å². The van der Waals surface area contributed by atoms with Crippen molar-refractivity contribution in [3.8, 4) is 5.75 Å². The first-order chi connectivity index (χ1) is 8.84. The van der Waals surface area contributed by atoms with Crippen molar-refractivity contribution >= 4 is 11.6 Å². The van der Waals surface area contributed by atoms with Gasteiger partial charge in [-0.2, -0.15) is 0 Å². The zero-order chi connectivity index (χ0) is 12.1. The molecule has 0 bridgehead atoms. The van der Waals surface area contributed by atoms with Gasteiger partial charge in [0.25, 0.3) is 0 Å². The number of hydrogen-bond donors (Lipinski definition) is 0. The summed E-state index contributed by atoms with van der Waals surface area (Å²) in [5.41, 5.74) is 2.67. The number of alkyl halides is 1. The Hall–Kier alpha value is -0.690. The molecular formula is C16H19ClO. The summed E-state index contributed by atoms with van der Waals surface area (Å²) in [5.74, 6) is 3.65. The molecule has 2 aliphatic carbocycles. The van der Waals surface area contributed by atoms with Crippen molar-refractivity contribution in [1.29, 1.82) is 0 Å². The van der Waals surface area contributed by atoms with E-state index in [1.54, 1.807) is 0 Å². The summed E-state index contributed by atoms with van der Waals surface area (Å²) < 4.78 is 5.56. The number of hydrogen-bond acceptors (Lipinski definition) is 1. The molecule has 3 atom stereocenters. The molecule has 1 aromatic carbocycles. The second-order valence-electron chi connectivity index (χ2n) is 6.06. The van der Waals surface area contributed by atoms with Crippen LogP contribution in [0.5, 0.6) is 5.75 Å². The molecule has 4 rings (SSSR count). The maximum absolute atomic E-state index is 6.74. The standard InChI is InChI=1S/C16H19ClO/c17-16(15-12-3-1-2-4-13(12)15)11-5-6-14-10(9-11)7-8-18-14/h5-6,9,12-13,15-16H,1-4,7-8H2. The number of benzene rings is 1. The molecule has 0 radical (unpaired) electrons. The fourth-order valence-corrected chi connectivity index (χ4v) is 4.59. The average Bonchev–Trinajstić information content (AvgIpc) is 2.95. The van der Waals surface area contributed by atoms with Crippen LogP contribution in [0.2, 0.25) is 0 Å². The Labute approximate surface area is 113 Å². The lowest BCUT2D eigenvalue weighted by molar-refractivity contribution is 0.357. The quantitative estimate of drug-likeness (QED) is 0.721. The molecule has 1 aromatic rings. The third kappa shape index (κ3) is 1.67. The predicted octanol–water partition coefficient (Wildman–Crippen LogP) is 4.34. The van der Waals surface area contributed by atoms with Crippen LogP contribution in [0, 0.1) is 17.8 Å². The van der Waals surface area contributed by atoms with Gasteiger partial charge in [-0.05, 0) is 47.8 Å². The van der Waals surface area contributed by atoms with Gasteiger partial charge in [0.2, 0.25) is 0 Å². The molecule has 0 aromatic heterocycles. The molecule has 3 unspecified atom stereocenters. The molecule has 96 valence electrons. The summed E-state index contributed by atoms with van der Waals surface area (Å²) >= 11 is 6.74. The van der Waals surface area contributed by atoms with Crippen molar-refractivity contribution in [1.82, 2.24) is 0 Å². The highest BCUT2D eigenvalue weighted by molar-refractivity contribution is 6.21. The Balaban J connectivity index is 1.56. The Morgan fingerprint density at radius 1 is 1.17 bits per heavy atom. The molecule has 0 spiro atoms. The molecule has 2 fully saturated rings. The van der Waals surface area contributed by atoms with Gasteiger partial charge < -0.3 is 4.74 Å². The predicted molar refractivity (Wildman–Crippen MR) is 73.2 cm³/mol. The van der Waals surface area contributed by atoms with Gasteiger partial charge in [-0.15, -0.1) is 11.6 Å². The first kappa shape index (κ1) is 11.2. The lowest BCUT2D eigenvalue weighted by Gasteiger charge is -2.11. The van der Waals surface area contributed by atoms with Gasteiger partial charge in [0, 0.05) is 6.42 Å². The van der Waals surface area contributed by atoms with Crippen LogP contribution in [0.3, 0.4) is 0 Å². The van der Waals surface area contributed by atoms with Gasteiger partial charge in [0.1, 0.15) is 5.75 Å². The van der Waals surface area contributed by atoms with Gasteiger partial charge in [-0.25, -0.2) is 0 Å². The van der Waals surface area contributed by atoms with E-state index < -0.39 is 0 Å². The molecule has 0 amide bonds. The van der Waals surface area contributed by atoms with Crippen LogP contribution in [0.15, 0.2) is 18.2 Å². The minimum Gasteiger partial charge on any atom is -0.493 e. The highest BCUT2D eigenvalue weighted by Gasteiger charge is 2.53. The van der Waals surface area contributed by atoms with Gasteiger partial charge in [-0.3, -0.25) is 0 Å². The van der Waals surface area contributed by atoms with Gasteiger partial charge in [0.15, 0.2) is 0 Å². The molecular weight excluding hydrogens is 244 g/mol. The van der Waals surface area contributed by atoms with Crippen molar-refractivity contribution in [3.63, 3.8) is 0 Å². The normalized spacial score (nSPS) is 34.4. The molecule has 18 heavy (non-hydrogen) atoms. The van der Waals surface area contributed by atoms with E-state index in [-0.39, 0.29) is 5.38 Å². The summed E-state index contributed by atoms with van der Waals surface area (Å²) in [6.45, 7) is 0.834. The number of fused-ring (bicyclic) bond motifs is 2. The summed E-state index contributed by atoms with van der Waals surface area (Å²) in [4.78, 5) is 0. The molecule has 1 heterocycles. The number of halogens is 1. The Morgan fingerprint density at radius 3 is 2.72 bits per heavy atom. The molecule has 0 saturated heterocycles. The highest BCUT2D eigenvalue weighted by Crippen LogP contribution is 2.62. The minimum atomic E-state index is 0.226. The van der Waals surface area contributed by atoms with Gasteiger partial charge >= 0.3 is 0 Å². The van der Waals surface area contributed by atoms with Crippen molar-refractivity contribution in [2.24, 2.45) is 17.8 Å². The summed E-state index contributed by atoms with van der Waals surface area (Å²) in [7, 11) is 0. The number of rotatable bonds is 2. The summed E-state index contributed by atoms with van der Waals surface area (Å²) in [5, 5.41) is 0.226. The van der Waals surface area contributed by atoms with E-state index in [1.165, 1.54) is 36.8 Å². The first-order valence-corrected chi connectivity index (χ1v) is 7.68. The third-order valence-corrected chi connectivity index (χ3v) is 5.64. The maximum atomic E-state index is 6.74. The lowest BCUT2D eigenvalue weighted by atomic mass is 10.0. The van der Waals surface area contributed by atoms with Crippen molar-refractivity contribution in [2.75, 3.05) is 6.61 Å². The lowest BCUT2D eigenvalue weighted by Crippen LogP contribution is -1.96. The van der Waals surface area contributed by atoms with E-state index in [1.807, 2.05) is 0 Å². The zero-order valence-electron chi connectivity index (χ0n) is 10.6. The molecule has 1 nitrogen and oxygen atoms in total. The fraction of sp³-hybridized carbons (Fsp3) is 0.625. The SMILES string of the molecule is ClC(c1ccc2c(c1)CCO2)C1C2CCCCC21. The van der Waals surface area contributed by atoms with E-state index in [0.29, 0.717) is 0 Å². The van der Waals surface area contributed by atoms with E-state index in [0.717, 1.165) is 36.5 Å². The second kappa shape index (κ2) is 4.16. The van der Waals surface area contributed by atoms with E-state index in [9.17, 15) is 0 Å². The summed E-state index contributed by atoms with van der Waals surface area (Å²) in [6.07, 6.45) is 6.70. The minimum absolute atomic E-state index is 0.226. The number of ether oxygens (including phenoxy) is 1. The van der Waals surface area contributed by atoms with Crippen LogP contribution < -0.4 is 4.74 Å². The van der Waals surface area contributed by atoms with Crippen LogP contribution >= 0.6 is 11.6 Å². The Morgan fingerprint density at radius 2 is 1.94 bits per heavy atom. The average molecular weight is 263 g/mol. The molecule has 2 saturated carbocycles. The van der Waals surface area contributed by atoms with Crippen molar-refractivity contribution in [2.45, 2.75) is 37.5 Å². The van der Waals surface area contributed by atoms with E-state index in [2.05, 4.69) is 18.2 Å². The first-order valence-electron chi connectivity index (χ1n) is 7.24. The molecule has 1 aliphatic heterocycles. The monoisotopic (exact) mass is 262 g/mol. The van der Waals surface area contributed by atoms with Gasteiger partial charge in [-0.1, -0.05) is 25.0 Å². The van der Waals surface area contributed by atoms with Crippen LogP contribution in [-0.2, 0) is 6.42 Å². The van der Waals surface area contributed by atoms with E-state index in [4.69, 9.17) is 16.3 Å². The smallest absolute Gasteiger partial charge is 0.122 e. The fourth-order valence-electron chi connectivity index (χ4n) is 4.08. The third-order valence-electron chi connectivity index (χ3n) is 5.09. The molecule has 0 N–H and O–H groups in total. The molecule has 2 heteroatoms. The van der Waals surface area contributed by atoms with Crippen LogP contribution in [-0.4, -0.2) is 6.61 Å². The highest BCUT2D eigenvalue weighted by atomic mass is 35.5. The Kier molecular flexibility index (Phi) is 2.58. The van der Waals surface area contributed by atoms with Crippen LogP contribution in [0.4, 0.5) is 0 Å². The van der Waals surface area contributed by atoms with E-state index >= 15 is 0 Å². The maximum Gasteiger partial charge on any atom is 0.122 e. The zero-order valence-corrected chi connectivity index (χ0v) is 11.3. The van der Waals surface area contributed by atoms with Gasteiger partial charge in [0.05, 0.1) is 12.0 Å². The van der Waals surface area contributed by atoms with Crippen molar-refractivity contribution in [3.05, 3.63) is 29.3 Å².